The summed E-state index contributed by atoms with van der Waals surface area (Å²) >= 11 is 0. The molecule has 2 heteroatoms. The number of phenols is 1. The summed E-state index contributed by atoms with van der Waals surface area (Å²) in [4.78, 5) is 10.5. The van der Waals surface area contributed by atoms with E-state index in [1.807, 2.05) is 19.1 Å². The summed E-state index contributed by atoms with van der Waals surface area (Å²) in [6.45, 7) is 3.76. The molecule has 0 aromatic heterocycles. The molecule has 1 N–H and O–H groups in total. The van der Waals surface area contributed by atoms with Crippen LogP contribution in [0.2, 0.25) is 0 Å². The average Bonchev–Trinajstić information content (AvgIpc) is 2.17. The summed E-state index contributed by atoms with van der Waals surface area (Å²) in [6, 6.07) is 5.53. The first-order valence-electron chi connectivity index (χ1n) is 4.46. The van der Waals surface area contributed by atoms with E-state index in [4.69, 9.17) is 0 Å². The molecular weight excluding hydrogens is 164 g/mol. The second-order valence-electron chi connectivity index (χ2n) is 3.13. The summed E-state index contributed by atoms with van der Waals surface area (Å²) in [6.07, 6.45) is 1.62. The van der Waals surface area contributed by atoms with Crippen molar-refractivity contribution in [3.8, 4) is 5.75 Å². The Balaban J connectivity index is 3.14. The van der Waals surface area contributed by atoms with Gasteiger partial charge in [0, 0.05) is 11.5 Å². The molecule has 1 aromatic rings. The third kappa shape index (κ3) is 1.89. The van der Waals surface area contributed by atoms with Crippen LogP contribution in [0.1, 0.15) is 30.9 Å². The molecule has 0 radical (unpaired) electrons. The zero-order chi connectivity index (χ0) is 9.84. The third-order valence-electron chi connectivity index (χ3n) is 2.23. The number of carbonyl (C=O) groups excluding carboxylic acids is 1. The fourth-order valence-electron chi connectivity index (χ4n) is 1.34. The molecule has 0 bridgehead atoms. The number of carbonyl (C=O) groups is 1. The molecule has 0 amide bonds. The molecule has 0 aliphatic rings. The van der Waals surface area contributed by atoms with Gasteiger partial charge in [-0.25, -0.2) is 0 Å². The standard InChI is InChI=1S/C11H14O2/c1-3-9-5-4-6-10(11(9)13)8(2)7-12/h4-8,13H,3H2,1-2H3. The van der Waals surface area contributed by atoms with Crippen LogP contribution in [0.4, 0.5) is 0 Å². The van der Waals surface area contributed by atoms with Crippen molar-refractivity contribution in [1.29, 1.82) is 0 Å². The molecule has 0 fully saturated rings. The van der Waals surface area contributed by atoms with Gasteiger partial charge in [-0.2, -0.15) is 0 Å². The number of aryl methyl sites for hydroxylation is 1. The lowest BCUT2D eigenvalue weighted by Crippen LogP contribution is -1.96. The van der Waals surface area contributed by atoms with E-state index in [-0.39, 0.29) is 11.7 Å². The third-order valence-corrected chi connectivity index (χ3v) is 2.23. The Bertz CT molecular complexity index is 305. The minimum atomic E-state index is -0.230. The Kier molecular flexibility index (Phi) is 3.07. The second-order valence-corrected chi connectivity index (χ2v) is 3.13. The lowest BCUT2D eigenvalue weighted by molar-refractivity contribution is -0.108. The van der Waals surface area contributed by atoms with Crippen molar-refractivity contribution in [3.63, 3.8) is 0 Å². The number of aromatic hydroxyl groups is 1. The first-order chi connectivity index (χ1) is 6.20. The van der Waals surface area contributed by atoms with Crippen LogP contribution >= 0.6 is 0 Å². The highest BCUT2D eigenvalue weighted by Crippen LogP contribution is 2.28. The number of rotatable bonds is 3. The van der Waals surface area contributed by atoms with E-state index in [9.17, 15) is 9.90 Å². The smallest absolute Gasteiger partial charge is 0.127 e. The number of benzene rings is 1. The molecule has 1 unspecified atom stereocenters. The minimum Gasteiger partial charge on any atom is -0.507 e. The van der Waals surface area contributed by atoms with Crippen LogP contribution in [0.15, 0.2) is 18.2 Å². The lowest BCUT2D eigenvalue weighted by atomic mass is 9.98. The van der Waals surface area contributed by atoms with Gasteiger partial charge in [0.2, 0.25) is 0 Å². The number of hydrogen-bond donors (Lipinski definition) is 1. The Morgan fingerprint density at radius 3 is 2.77 bits per heavy atom. The van der Waals surface area contributed by atoms with Crippen LogP contribution in [0.3, 0.4) is 0 Å². The monoisotopic (exact) mass is 178 g/mol. The van der Waals surface area contributed by atoms with Gasteiger partial charge in [-0.15, -0.1) is 0 Å². The summed E-state index contributed by atoms with van der Waals surface area (Å²) in [5, 5.41) is 9.73. The number of phenolic OH excluding ortho intramolecular Hbond substituents is 1. The lowest BCUT2D eigenvalue weighted by Gasteiger charge is -2.09. The number of hydrogen-bond acceptors (Lipinski definition) is 2. The van der Waals surface area contributed by atoms with Gasteiger partial charge in [0.15, 0.2) is 0 Å². The van der Waals surface area contributed by atoms with E-state index in [1.165, 1.54) is 0 Å². The largest absolute Gasteiger partial charge is 0.507 e. The van der Waals surface area contributed by atoms with Crippen molar-refractivity contribution in [2.75, 3.05) is 0 Å². The van der Waals surface area contributed by atoms with Gasteiger partial charge in [0.25, 0.3) is 0 Å². The predicted molar refractivity (Wildman–Crippen MR) is 52.0 cm³/mol. The fourth-order valence-corrected chi connectivity index (χ4v) is 1.34. The molecule has 1 rings (SSSR count). The Hall–Kier alpha value is -1.31. The van der Waals surface area contributed by atoms with Crippen molar-refractivity contribution in [3.05, 3.63) is 29.3 Å². The highest BCUT2D eigenvalue weighted by atomic mass is 16.3. The molecule has 13 heavy (non-hydrogen) atoms. The van der Waals surface area contributed by atoms with Gasteiger partial charge in [-0.05, 0) is 12.0 Å². The molecule has 0 aliphatic carbocycles. The topological polar surface area (TPSA) is 37.3 Å². The van der Waals surface area contributed by atoms with Gasteiger partial charge in [-0.1, -0.05) is 32.0 Å². The van der Waals surface area contributed by atoms with E-state index in [2.05, 4.69) is 0 Å². The zero-order valence-electron chi connectivity index (χ0n) is 7.95. The van der Waals surface area contributed by atoms with Gasteiger partial charge < -0.3 is 9.90 Å². The van der Waals surface area contributed by atoms with Crippen LogP contribution in [0, 0.1) is 0 Å². The maximum atomic E-state index is 10.5. The Labute approximate surface area is 78.2 Å². The quantitative estimate of drug-likeness (QED) is 0.721. The van der Waals surface area contributed by atoms with Crippen LogP contribution in [-0.4, -0.2) is 11.4 Å². The highest BCUT2D eigenvalue weighted by molar-refractivity contribution is 5.64. The molecule has 0 aliphatic heterocycles. The van der Waals surface area contributed by atoms with Crippen molar-refractivity contribution in [2.24, 2.45) is 0 Å². The Morgan fingerprint density at radius 2 is 2.23 bits per heavy atom. The van der Waals surface area contributed by atoms with Crippen molar-refractivity contribution < 1.29 is 9.90 Å². The van der Waals surface area contributed by atoms with Crippen molar-refractivity contribution >= 4 is 6.29 Å². The van der Waals surface area contributed by atoms with Crippen LogP contribution < -0.4 is 0 Å². The van der Waals surface area contributed by atoms with E-state index in [0.29, 0.717) is 5.56 Å². The minimum absolute atomic E-state index is 0.230. The first-order valence-corrected chi connectivity index (χ1v) is 4.46. The van der Waals surface area contributed by atoms with E-state index < -0.39 is 0 Å². The Morgan fingerprint density at radius 1 is 1.54 bits per heavy atom. The van der Waals surface area contributed by atoms with E-state index in [0.717, 1.165) is 18.3 Å². The molecule has 0 saturated heterocycles. The van der Waals surface area contributed by atoms with Gasteiger partial charge in [0.05, 0.1) is 0 Å². The summed E-state index contributed by atoms with van der Waals surface area (Å²) in [5.41, 5.74) is 1.61. The van der Waals surface area contributed by atoms with Crippen LogP contribution in [-0.2, 0) is 11.2 Å². The van der Waals surface area contributed by atoms with Gasteiger partial charge >= 0.3 is 0 Å². The average molecular weight is 178 g/mol. The molecule has 0 spiro atoms. The van der Waals surface area contributed by atoms with E-state index in [1.54, 1.807) is 13.0 Å². The summed E-state index contributed by atoms with van der Waals surface area (Å²) in [5.74, 6) is 0.0381. The van der Waals surface area contributed by atoms with Gasteiger partial charge in [0.1, 0.15) is 12.0 Å². The fraction of sp³-hybridized carbons (Fsp3) is 0.364. The molecule has 0 heterocycles. The molecule has 2 nitrogen and oxygen atoms in total. The molecular formula is C11H14O2. The summed E-state index contributed by atoms with van der Waals surface area (Å²) < 4.78 is 0. The van der Waals surface area contributed by atoms with Crippen LogP contribution in [0.5, 0.6) is 5.75 Å². The first kappa shape index (κ1) is 9.78. The van der Waals surface area contributed by atoms with E-state index >= 15 is 0 Å². The van der Waals surface area contributed by atoms with Crippen molar-refractivity contribution in [2.45, 2.75) is 26.2 Å². The van der Waals surface area contributed by atoms with Gasteiger partial charge in [-0.3, -0.25) is 0 Å². The molecule has 1 atom stereocenters. The highest BCUT2D eigenvalue weighted by Gasteiger charge is 2.10. The molecule has 1 aromatic carbocycles. The zero-order valence-corrected chi connectivity index (χ0v) is 7.95. The molecule has 70 valence electrons. The molecule has 0 saturated carbocycles. The maximum absolute atomic E-state index is 10.5. The summed E-state index contributed by atoms with van der Waals surface area (Å²) in [7, 11) is 0. The van der Waals surface area contributed by atoms with Crippen molar-refractivity contribution in [1.82, 2.24) is 0 Å². The maximum Gasteiger partial charge on any atom is 0.127 e. The normalized spacial score (nSPS) is 12.5. The van der Waals surface area contributed by atoms with Crippen LogP contribution in [0.25, 0.3) is 0 Å². The SMILES string of the molecule is CCc1cccc(C(C)C=O)c1O. The number of para-hydroxylation sites is 1. The second kappa shape index (κ2) is 4.08. The predicted octanol–water partition coefficient (Wildman–Crippen LogP) is 2.26. The number of aldehydes is 1.